The van der Waals surface area contributed by atoms with E-state index in [1.807, 2.05) is 0 Å². The Hall–Kier alpha value is -1.16. The minimum absolute atomic E-state index is 0.283. The second-order valence-corrected chi connectivity index (χ2v) is 6.99. The first kappa shape index (κ1) is 14.8. The lowest BCUT2D eigenvalue weighted by molar-refractivity contribution is 0.239. The molecule has 0 amide bonds. The van der Waals surface area contributed by atoms with Crippen LogP contribution in [0.1, 0.15) is 63.4 Å². The van der Waals surface area contributed by atoms with E-state index in [2.05, 4.69) is 42.0 Å². The van der Waals surface area contributed by atoms with Gasteiger partial charge in [-0.1, -0.05) is 33.1 Å². The second-order valence-electron chi connectivity index (χ2n) is 6.99. The van der Waals surface area contributed by atoms with Crippen LogP contribution in [0.2, 0.25) is 0 Å². The van der Waals surface area contributed by atoms with Crippen LogP contribution in [0.15, 0.2) is 6.07 Å². The van der Waals surface area contributed by atoms with Crippen molar-refractivity contribution < 1.29 is 0 Å². The van der Waals surface area contributed by atoms with Gasteiger partial charge < -0.3 is 10.2 Å². The fourth-order valence-electron chi connectivity index (χ4n) is 3.83. The Bertz CT molecular complexity index is 483. The minimum atomic E-state index is 0.283. The summed E-state index contributed by atoms with van der Waals surface area (Å²) in [6, 6.07) is 2.17. The molecule has 0 unspecified atom stereocenters. The van der Waals surface area contributed by atoms with Crippen LogP contribution in [0.5, 0.6) is 0 Å². The van der Waals surface area contributed by atoms with E-state index >= 15 is 0 Å². The zero-order chi connectivity index (χ0) is 14.9. The number of rotatable bonds is 2. The molecule has 0 atom stereocenters. The second kappa shape index (κ2) is 5.91. The van der Waals surface area contributed by atoms with Crippen molar-refractivity contribution in [3.8, 4) is 0 Å². The van der Waals surface area contributed by atoms with Crippen molar-refractivity contribution in [2.75, 3.05) is 24.5 Å². The molecule has 1 aromatic rings. The number of hydrogen-bond acceptors (Lipinski definition) is 4. The summed E-state index contributed by atoms with van der Waals surface area (Å²) in [5.41, 5.74) is 1.37. The van der Waals surface area contributed by atoms with Crippen LogP contribution in [0.4, 0.5) is 5.82 Å². The van der Waals surface area contributed by atoms with Crippen molar-refractivity contribution in [2.24, 2.45) is 0 Å². The highest BCUT2D eigenvalue weighted by Crippen LogP contribution is 2.37. The fourth-order valence-corrected chi connectivity index (χ4v) is 3.83. The maximum absolute atomic E-state index is 4.89. The molecule has 0 bridgehead atoms. The lowest BCUT2D eigenvalue weighted by atomic mass is 9.79. The predicted octanol–water partition coefficient (Wildman–Crippen LogP) is 3.02. The molecule has 1 saturated heterocycles. The van der Waals surface area contributed by atoms with E-state index < -0.39 is 0 Å². The third-order valence-electron chi connectivity index (χ3n) is 4.97. The molecule has 21 heavy (non-hydrogen) atoms. The molecule has 2 fully saturated rings. The highest BCUT2D eigenvalue weighted by Gasteiger charge is 2.40. The molecule has 0 radical (unpaired) electrons. The summed E-state index contributed by atoms with van der Waals surface area (Å²) in [5, 5.41) is 3.61. The number of nitrogens with one attached hydrogen (secondary N) is 1. The number of aryl methyl sites for hydroxylation is 1. The third kappa shape index (κ3) is 2.91. The van der Waals surface area contributed by atoms with Crippen molar-refractivity contribution in [1.82, 2.24) is 15.3 Å². The van der Waals surface area contributed by atoms with Gasteiger partial charge in [0.25, 0.3) is 0 Å². The molecule has 0 aromatic carbocycles. The van der Waals surface area contributed by atoms with Crippen LogP contribution < -0.4 is 10.2 Å². The first-order valence-corrected chi connectivity index (χ1v) is 8.45. The molecule has 1 saturated carbocycles. The van der Waals surface area contributed by atoms with E-state index in [9.17, 15) is 0 Å². The predicted molar refractivity (Wildman–Crippen MR) is 86.9 cm³/mol. The maximum atomic E-state index is 4.89. The summed E-state index contributed by atoms with van der Waals surface area (Å²) in [6.07, 6.45) is 6.66. The van der Waals surface area contributed by atoms with Gasteiger partial charge in [0.15, 0.2) is 0 Å². The summed E-state index contributed by atoms with van der Waals surface area (Å²) < 4.78 is 0. The topological polar surface area (TPSA) is 41.0 Å². The van der Waals surface area contributed by atoms with E-state index in [-0.39, 0.29) is 5.54 Å². The van der Waals surface area contributed by atoms with Gasteiger partial charge in [0, 0.05) is 37.3 Å². The molecule has 4 nitrogen and oxygen atoms in total. The summed E-state index contributed by atoms with van der Waals surface area (Å²) >= 11 is 0. The molecule has 3 rings (SSSR count). The average Bonchev–Trinajstić information content (AvgIpc) is 2.48. The SMILES string of the molecule is Cc1cc(N2CCNCC23CCCCC3)nc(C(C)C)n1. The zero-order valence-corrected chi connectivity index (χ0v) is 13.7. The van der Waals surface area contributed by atoms with Gasteiger partial charge in [0.1, 0.15) is 11.6 Å². The Morgan fingerprint density at radius 2 is 1.95 bits per heavy atom. The Morgan fingerprint density at radius 1 is 1.19 bits per heavy atom. The van der Waals surface area contributed by atoms with E-state index in [0.29, 0.717) is 5.92 Å². The lowest BCUT2D eigenvalue weighted by Crippen LogP contribution is -2.62. The van der Waals surface area contributed by atoms with Crippen LogP contribution in [0.25, 0.3) is 0 Å². The highest BCUT2D eigenvalue weighted by molar-refractivity contribution is 5.45. The van der Waals surface area contributed by atoms with Crippen LogP contribution in [0, 0.1) is 6.92 Å². The van der Waals surface area contributed by atoms with Crippen molar-refractivity contribution in [3.63, 3.8) is 0 Å². The van der Waals surface area contributed by atoms with Gasteiger partial charge in [-0.15, -0.1) is 0 Å². The molecular weight excluding hydrogens is 260 g/mol. The van der Waals surface area contributed by atoms with Gasteiger partial charge in [-0.25, -0.2) is 9.97 Å². The average molecular weight is 288 g/mol. The van der Waals surface area contributed by atoms with Crippen LogP contribution in [-0.2, 0) is 0 Å². The summed E-state index contributed by atoms with van der Waals surface area (Å²) in [4.78, 5) is 12.1. The van der Waals surface area contributed by atoms with Gasteiger partial charge in [-0.05, 0) is 19.8 Å². The van der Waals surface area contributed by atoms with Crippen LogP contribution in [-0.4, -0.2) is 35.1 Å². The molecule has 1 spiro atoms. The summed E-state index contributed by atoms with van der Waals surface area (Å²) in [6.45, 7) is 9.66. The number of aromatic nitrogens is 2. The van der Waals surface area contributed by atoms with Gasteiger partial charge in [-0.3, -0.25) is 0 Å². The minimum Gasteiger partial charge on any atom is -0.348 e. The summed E-state index contributed by atoms with van der Waals surface area (Å²) in [5.74, 6) is 2.51. The number of nitrogens with zero attached hydrogens (tertiary/aromatic N) is 3. The Morgan fingerprint density at radius 3 is 2.67 bits per heavy atom. The normalized spacial score (nSPS) is 22.0. The largest absolute Gasteiger partial charge is 0.348 e. The molecule has 2 aliphatic rings. The lowest BCUT2D eigenvalue weighted by Gasteiger charge is -2.50. The van der Waals surface area contributed by atoms with Crippen molar-refractivity contribution >= 4 is 5.82 Å². The Kier molecular flexibility index (Phi) is 4.16. The first-order valence-electron chi connectivity index (χ1n) is 8.45. The number of hydrogen-bond donors (Lipinski definition) is 1. The zero-order valence-electron chi connectivity index (χ0n) is 13.7. The highest BCUT2D eigenvalue weighted by atomic mass is 15.3. The molecular formula is C17H28N4. The van der Waals surface area contributed by atoms with Crippen molar-refractivity contribution in [1.29, 1.82) is 0 Å². The monoisotopic (exact) mass is 288 g/mol. The molecule has 116 valence electrons. The standard InChI is InChI=1S/C17H28N4/c1-13(2)16-19-14(3)11-15(20-16)21-10-9-18-12-17(21)7-5-4-6-8-17/h11,13,18H,4-10,12H2,1-3H3. The Labute approximate surface area is 128 Å². The van der Waals surface area contributed by atoms with Crippen LogP contribution in [0.3, 0.4) is 0 Å². The van der Waals surface area contributed by atoms with Gasteiger partial charge in [-0.2, -0.15) is 0 Å². The fraction of sp³-hybridized carbons (Fsp3) is 0.765. The Balaban J connectivity index is 1.96. The molecule has 1 aromatic heterocycles. The quantitative estimate of drug-likeness (QED) is 0.908. The van der Waals surface area contributed by atoms with E-state index in [1.165, 1.54) is 32.1 Å². The van der Waals surface area contributed by atoms with Crippen molar-refractivity contribution in [3.05, 3.63) is 17.6 Å². The smallest absolute Gasteiger partial charge is 0.133 e. The molecule has 1 N–H and O–H groups in total. The van der Waals surface area contributed by atoms with E-state index in [0.717, 1.165) is 37.0 Å². The molecule has 4 heteroatoms. The number of anilines is 1. The van der Waals surface area contributed by atoms with Gasteiger partial charge >= 0.3 is 0 Å². The first-order chi connectivity index (χ1) is 10.1. The van der Waals surface area contributed by atoms with E-state index in [1.54, 1.807) is 0 Å². The molecule has 1 aliphatic carbocycles. The maximum Gasteiger partial charge on any atom is 0.133 e. The number of piperazine rings is 1. The van der Waals surface area contributed by atoms with Gasteiger partial charge in [0.2, 0.25) is 0 Å². The molecule has 2 heterocycles. The molecule has 1 aliphatic heterocycles. The van der Waals surface area contributed by atoms with E-state index in [4.69, 9.17) is 4.98 Å². The third-order valence-corrected chi connectivity index (χ3v) is 4.97. The van der Waals surface area contributed by atoms with Crippen molar-refractivity contribution in [2.45, 2.75) is 64.3 Å². The van der Waals surface area contributed by atoms with Crippen LogP contribution >= 0.6 is 0 Å². The van der Waals surface area contributed by atoms with Gasteiger partial charge in [0.05, 0.1) is 5.54 Å². The summed E-state index contributed by atoms with van der Waals surface area (Å²) in [7, 11) is 0.